The molecule has 0 aliphatic rings. The fourth-order valence-corrected chi connectivity index (χ4v) is 0. The predicted molar refractivity (Wildman–Crippen MR) is 23.9 cm³/mol. The topological polar surface area (TPSA) is 0 Å². The van der Waals surface area contributed by atoms with E-state index in [2.05, 4.69) is 0 Å². The average molecular weight is 211 g/mol. The van der Waals surface area contributed by atoms with Crippen LogP contribution >= 0.6 is 31.9 Å². The molecule has 0 aromatic rings. The second kappa shape index (κ2) is 1.51. The molecule has 0 heterocycles. The quantitative estimate of drug-likeness (QED) is 0.539. The Morgan fingerprint density at radius 3 is 1.40 bits per heavy atom. The van der Waals surface area contributed by atoms with Gasteiger partial charge in [0.1, 0.15) is 0 Å². The molecule has 0 amide bonds. The van der Waals surface area contributed by atoms with Crippen molar-refractivity contribution >= 4 is 31.9 Å². The van der Waals surface area contributed by atoms with E-state index in [1.54, 1.807) is 0 Å². The van der Waals surface area contributed by atoms with Gasteiger partial charge < -0.3 is 0 Å². The first-order chi connectivity index (χ1) is 2.00. The highest BCUT2D eigenvalue weighted by molar-refractivity contribution is 9.25. The lowest BCUT2D eigenvalue weighted by atomic mass is 11.7. The van der Waals surface area contributed by atoms with Crippen molar-refractivity contribution in [3.05, 3.63) is 0 Å². The highest BCUT2D eigenvalue weighted by Crippen LogP contribution is 2.28. The minimum Gasteiger partial charge on any atom is -0.181 e. The van der Waals surface area contributed by atoms with Crippen molar-refractivity contribution in [2.45, 2.75) is 3.74 Å². The van der Waals surface area contributed by atoms with Gasteiger partial charge in [-0.25, -0.2) is 0 Å². The standard InChI is InChI=1S/CBr2F2/c2-1(3,4)5/p+1. The third-order valence-corrected chi connectivity index (χ3v) is 0. The Morgan fingerprint density at radius 2 is 1.40 bits per heavy atom. The highest BCUT2D eigenvalue weighted by atomic mass is 79.9. The summed E-state index contributed by atoms with van der Waals surface area (Å²) in [5.74, 6) is 0. The molecular formula is CHBr2F2+. The van der Waals surface area contributed by atoms with E-state index in [1.165, 1.54) is 0 Å². The molecule has 4 heteroatoms. The molecule has 0 fully saturated rings. The number of rotatable bonds is 0. The molecule has 0 nitrogen and oxygen atoms in total. The van der Waals surface area contributed by atoms with Gasteiger partial charge in [-0.15, -0.1) is 0 Å². The van der Waals surface area contributed by atoms with Crippen LogP contribution in [-0.4, -0.2) is 3.74 Å². The molecule has 0 radical (unpaired) electrons. The van der Waals surface area contributed by atoms with Gasteiger partial charge in [0.05, 0.1) is 0 Å². The van der Waals surface area contributed by atoms with Crippen molar-refractivity contribution in [2.24, 2.45) is 0 Å². The molecule has 0 aliphatic carbocycles. The van der Waals surface area contributed by atoms with E-state index >= 15 is 0 Å². The Hall–Kier alpha value is 0.820. The first-order valence-corrected chi connectivity index (χ1v) is 2.34. The molecule has 0 spiro atoms. The van der Waals surface area contributed by atoms with Crippen molar-refractivity contribution in [3.63, 3.8) is 0 Å². The van der Waals surface area contributed by atoms with Crippen LogP contribution in [0.15, 0.2) is 0 Å². The van der Waals surface area contributed by atoms with Crippen molar-refractivity contribution in [1.82, 2.24) is 0 Å². The van der Waals surface area contributed by atoms with Gasteiger partial charge in [-0.2, -0.15) is 8.78 Å². The Kier molecular flexibility index (Phi) is 1.76. The fraction of sp³-hybridized carbons (Fsp3) is 1.00. The third-order valence-electron chi connectivity index (χ3n) is 0. The van der Waals surface area contributed by atoms with E-state index in [0.29, 0.717) is 0 Å². The summed E-state index contributed by atoms with van der Waals surface area (Å²) >= 11 is 3.92. The molecule has 0 aromatic heterocycles. The van der Waals surface area contributed by atoms with Crippen LogP contribution in [0.25, 0.3) is 0 Å². The third kappa shape index (κ3) is 57.0. The minimum atomic E-state index is -2.88. The molecule has 0 saturated carbocycles. The zero-order chi connectivity index (χ0) is 4.50. The van der Waals surface area contributed by atoms with Crippen molar-refractivity contribution in [1.29, 1.82) is 0 Å². The van der Waals surface area contributed by atoms with Crippen LogP contribution in [-0.2, 0) is 0 Å². The van der Waals surface area contributed by atoms with Gasteiger partial charge in [-0.05, 0) is 0 Å². The largest absolute Gasteiger partial charge is 1.00 e. The zero-order valence-corrected chi connectivity index (χ0v) is 5.18. The molecule has 0 saturated heterocycles. The van der Waals surface area contributed by atoms with E-state index in [9.17, 15) is 8.78 Å². The number of alkyl halides is 4. The van der Waals surface area contributed by atoms with Gasteiger partial charge in [0, 0.05) is 31.9 Å². The number of hydrogen-bond donors (Lipinski definition) is 0. The molecule has 0 aliphatic heterocycles. The maximum Gasteiger partial charge on any atom is 1.00 e. The van der Waals surface area contributed by atoms with Crippen LogP contribution in [0.5, 0.6) is 0 Å². The van der Waals surface area contributed by atoms with Gasteiger partial charge in [-0.3, -0.25) is 0 Å². The Labute approximate surface area is 46.3 Å². The van der Waals surface area contributed by atoms with E-state index in [4.69, 9.17) is 0 Å². The van der Waals surface area contributed by atoms with Crippen molar-refractivity contribution in [2.75, 3.05) is 0 Å². The lowest BCUT2D eigenvalue weighted by Crippen LogP contribution is -1.84. The maximum absolute atomic E-state index is 10.9. The smallest absolute Gasteiger partial charge is 0.181 e. The fourth-order valence-electron chi connectivity index (χ4n) is 0. The van der Waals surface area contributed by atoms with Gasteiger partial charge >= 0.3 is 5.17 Å². The Morgan fingerprint density at radius 1 is 1.40 bits per heavy atom. The number of halogens is 4. The van der Waals surface area contributed by atoms with Gasteiger partial charge in [0.2, 0.25) is 0 Å². The summed E-state index contributed by atoms with van der Waals surface area (Å²) in [6.45, 7) is 0. The SMILES string of the molecule is FC(F)(Br)Br.[H+]. The monoisotopic (exact) mass is 209 g/mol. The molecule has 0 aromatic carbocycles. The second-order valence-electron chi connectivity index (χ2n) is 0.429. The summed E-state index contributed by atoms with van der Waals surface area (Å²) in [5, 5.41) is 0. The van der Waals surface area contributed by atoms with Crippen LogP contribution in [0.3, 0.4) is 0 Å². The molecule has 5 heavy (non-hydrogen) atoms. The molecule has 0 rings (SSSR count). The normalized spacial score (nSPS) is 12.0. The molecule has 0 bridgehead atoms. The van der Waals surface area contributed by atoms with E-state index in [-0.39, 0.29) is 1.43 Å². The maximum atomic E-state index is 10.9. The van der Waals surface area contributed by atoms with Crippen molar-refractivity contribution in [3.8, 4) is 0 Å². The summed E-state index contributed by atoms with van der Waals surface area (Å²) in [7, 11) is 0. The molecular weight excluding hydrogens is 210 g/mol. The highest BCUT2D eigenvalue weighted by Gasteiger charge is 2.15. The summed E-state index contributed by atoms with van der Waals surface area (Å²) in [4.78, 5) is 0. The van der Waals surface area contributed by atoms with E-state index < -0.39 is 3.74 Å². The molecule has 0 N–H and O–H groups in total. The summed E-state index contributed by atoms with van der Waals surface area (Å²) in [6, 6.07) is 0. The lowest BCUT2D eigenvalue weighted by molar-refractivity contribution is 0.229. The van der Waals surface area contributed by atoms with Gasteiger partial charge in [0.25, 0.3) is 0 Å². The molecule has 0 atom stereocenters. The lowest BCUT2D eigenvalue weighted by Gasteiger charge is -1.88. The first-order valence-electron chi connectivity index (χ1n) is 0.756. The number of hydrogen-bond acceptors (Lipinski definition) is 0. The second-order valence-corrected chi connectivity index (χ2v) is 3.48. The molecule has 0 unspecified atom stereocenters. The van der Waals surface area contributed by atoms with E-state index in [1.807, 2.05) is 31.9 Å². The zero-order valence-electron chi connectivity index (χ0n) is 3.01. The predicted octanol–water partition coefficient (Wildman–Crippen LogP) is 2.44. The van der Waals surface area contributed by atoms with Crippen LogP contribution in [0, 0.1) is 0 Å². The molecule has 32 valence electrons. The van der Waals surface area contributed by atoms with Crippen molar-refractivity contribution < 1.29 is 10.2 Å². The van der Waals surface area contributed by atoms with E-state index in [0.717, 1.165) is 0 Å². The first kappa shape index (κ1) is 5.82. The van der Waals surface area contributed by atoms with Crippen LogP contribution < -0.4 is 0 Å². The average Bonchev–Trinajstić information content (AvgIpc) is 0.722. The Balaban J connectivity index is 0. The minimum absolute atomic E-state index is 0. The van der Waals surface area contributed by atoms with Crippen LogP contribution in [0.1, 0.15) is 1.43 Å². The van der Waals surface area contributed by atoms with Gasteiger partial charge in [0.15, 0.2) is 0 Å². The Bertz CT molecular complexity index is 27.0. The summed E-state index contributed by atoms with van der Waals surface area (Å²) < 4.78 is 18.8. The summed E-state index contributed by atoms with van der Waals surface area (Å²) in [6.07, 6.45) is 0. The summed E-state index contributed by atoms with van der Waals surface area (Å²) in [5.41, 5.74) is 0. The van der Waals surface area contributed by atoms with Crippen LogP contribution in [0.2, 0.25) is 0 Å². The van der Waals surface area contributed by atoms with Gasteiger partial charge in [-0.1, -0.05) is 0 Å². The van der Waals surface area contributed by atoms with Crippen LogP contribution in [0.4, 0.5) is 8.78 Å².